The van der Waals surface area contributed by atoms with Crippen molar-refractivity contribution in [2.24, 2.45) is 0 Å². The molecule has 0 saturated carbocycles. The molecule has 0 spiro atoms. The Hall–Kier alpha value is -1.80. The van der Waals surface area contributed by atoms with Crippen LogP contribution < -0.4 is 19.5 Å². The highest BCUT2D eigenvalue weighted by atomic mass is 32.2. The molecular weight excluding hydrogens is 332 g/mol. The van der Waals surface area contributed by atoms with E-state index in [1.165, 1.54) is 39.3 Å². The van der Waals surface area contributed by atoms with Crippen LogP contribution in [0.2, 0.25) is 0 Å². The monoisotopic (exact) mass is 358 g/mol. The van der Waals surface area contributed by atoms with E-state index in [1.807, 2.05) is 0 Å². The molecular formula is C16H26N2O5S. The van der Waals surface area contributed by atoms with E-state index in [0.717, 1.165) is 19.3 Å². The Morgan fingerprint density at radius 1 is 1.17 bits per heavy atom. The van der Waals surface area contributed by atoms with E-state index in [0.29, 0.717) is 18.0 Å². The quantitative estimate of drug-likeness (QED) is 0.621. The van der Waals surface area contributed by atoms with E-state index in [2.05, 4.69) is 17.0 Å². The molecule has 0 aliphatic carbocycles. The summed E-state index contributed by atoms with van der Waals surface area (Å²) in [6.45, 7) is 4.12. The second-order valence-corrected chi connectivity index (χ2v) is 7.07. The highest BCUT2D eigenvalue weighted by Gasteiger charge is 2.23. The molecule has 0 unspecified atom stereocenters. The highest BCUT2D eigenvalue weighted by molar-refractivity contribution is 7.89. The van der Waals surface area contributed by atoms with Gasteiger partial charge in [0.2, 0.25) is 15.9 Å². The van der Waals surface area contributed by atoms with Gasteiger partial charge < -0.3 is 14.8 Å². The van der Waals surface area contributed by atoms with Gasteiger partial charge in [0.1, 0.15) is 0 Å². The molecule has 7 nitrogen and oxygen atoms in total. The van der Waals surface area contributed by atoms with Crippen LogP contribution >= 0.6 is 0 Å². The summed E-state index contributed by atoms with van der Waals surface area (Å²) >= 11 is 0. The molecule has 2 N–H and O–H groups in total. The van der Waals surface area contributed by atoms with Crippen molar-refractivity contribution in [1.29, 1.82) is 0 Å². The average Bonchev–Trinajstić information content (AvgIpc) is 2.57. The summed E-state index contributed by atoms with van der Waals surface area (Å²) in [5, 5.41) is 2.72. The van der Waals surface area contributed by atoms with Gasteiger partial charge in [-0.3, -0.25) is 4.79 Å². The van der Waals surface area contributed by atoms with Crippen LogP contribution in [0.25, 0.3) is 0 Å². The molecule has 0 aliphatic rings. The zero-order valence-electron chi connectivity index (χ0n) is 14.6. The largest absolute Gasteiger partial charge is 0.493 e. The fourth-order valence-electron chi connectivity index (χ4n) is 2.08. The minimum absolute atomic E-state index is 0.00535. The van der Waals surface area contributed by atoms with E-state index in [1.54, 1.807) is 0 Å². The molecule has 0 saturated heterocycles. The SMILES string of the molecule is CCCCCNC(=O)[C@H](C)NS(=O)(=O)c1ccc(OC)c(OC)c1. The van der Waals surface area contributed by atoms with Gasteiger partial charge in [-0.1, -0.05) is 19.8 Å². The summed E-state index contributed by atoms with van der Waals surface area (Å²) in [4.78, 5) is 12.0. The van der Waals surface area contributed by atoms with Crippen molar-refractivity contribution in [2.75, 3.05) is 20.8 Å². The maximum absolute atomic E-state index is 12.4. The van der Waals surface area contributed by atoms with Crippen LogP contribution in [0.4, 0.5) is 0 Å². The maximum Gasteiger partial charge on any atom is 0.241 e. The van der Waals surface area contributed by atoms with E-state index >= 15 is 0 Å². The smallest absolute Gasteiger partial charge is 0.241 e. The normalized spacial score (nSPS) is 12.5. The molecule has 24 heavy (non-hydrogen) atoms. The number of unbranched alkanes of at least 4 members (excludes halogenated alkanes) is 2. The molecule has 1 aromatic rings. The van der Waals surface area contributed by atoms with E-state index < -0.39 is 16.1 Å². The van der Waals surface area contributed by atoms with Gasteiger partial charge in [-0.2, -0.15) is 4.72 Å². The Morgan fingerprint density at radius 3 is 2.42 bits per heavy atom. The van der Waals surface area contributed by atoms with E-state index in [9.17, 15) is 13.2 Å². The van der Waals surface area contributed by atoms with Crippen LogP contribution in [-0.4, -0.2) is 41.1 Å². The highest BCUT2D eigenvalue weighted by Crippen LogP contribution is 2.29. The Balaban J connectivity index is 2.76. The van der Waals surface area contributed by atoms with Crippen molar-refractivity contribution in [1.82, 2.24) is 10.0 Å². The van der Waals surface area contributed by atoms with E-state index in [-0.39, 0.29) is 10.8 Å². The van der Waals surface area contributed by atoms with Crippen LogP contribution in [-0.2, 0) is 14.8 Å². The van der Waals surface area contributed by atoms with Gasteiger partial charge in [-0.15, -0.1) is 0 Å². The number of carbonyl (C=O) groups excluding carboxylic acids is 1. The number of methoxy groups -OCH3 is 2. The summed E-state index contributed by atoms with van der Waals surface area (Å²) in [5.41, 5.74) is 0. The maximum atomic E-state index is 12.4. The van der Waals surface area contributed by atoms with Gasteiger partial charge in [0, 0.05) is 12.6 Å². The predicted molar refractivity (Wildman–Crippen MR) is 91.9 cm³/mol. The Bertz CT molecular complexity index is 646. The molecule has 1 rings (SSSR count). The second kappa shape index (κ2) is 9.48. The van der Waals surface area contributed by atoms with Crippen molar-refractivity contribution in [3.8, 4) is 11.5 Å². The first-order chi connectivity index (χ1) is 11.4. The van der Waals surface area contributed by atoms with Gasteiger partial charge in [-0.25, -0.2) is 8.42 Å². The lowest BCUT2D eigenvalue weighted by molar-refractivity contribution is -0.122. The lowest BCUT2D eigenvalue weighted by atomic mass is 10.2. The Morgan fingerprint density at radius 2 is 1.83 bits per heavy atom. The number of hydrogen-bond donors (Lipinski definition) is 2. The number of ether oxygens (including phenoxy) is 2. The van der Waals surface area contributed by atoms with Crippen molar-refractivity contribution in [2.45, 2.75) is 44.0 Å². The van der Waals surface area contributed by atoms with Crippen molar-refractivity contribution >= 4 is 15.9 Å². The average molecular weight is 358 g/mol. The number of rotatable bonds is 10. The van der Waals surface area contributed by atoms with Crippen LogP contribution in [0, 0.1) is 0 Å². The van der Waals surface area contributed by atoms with Gasteiger partial charge in [-0.05, 0) is 25.5 Å². The zero-order chi connectivity index (χ0) is 18.2. The van der Waals surface area contributed by atoms with Crippen molar-refractivity contribution in [3.05, 3.63) is 18.2 Å². The number of sulfonamides is 1. The van der Waals surface area contributed by atoms with Crippen LogP contribution in [0.5, 0.6) is 11.5 Å². The topological polar surface area (TPSA) is 93.7 Å². The molecule has 0 bridgehead atoms. The van der Waals surface area contributed by atoms with Crippen LogP contribution in [0.1, 0.15) is 33.1 Å². The lowest BCUT2D eigenvalue weighted by Gasteiger charge is -2.15. The number of hydrogen-bond acceptors (Lipinski definition) is 5. The van der Waals surface area contributed by atoms with Gasteiger partial charge in [0.25, 0.3) is 0 Å². The van der Waals surface area contributed by atoms with Gasteiger partial charge in [0.15, 0.2) is 11.5 Å². The molecule has 0 heterocycles. The molecule has 0 aromatic heterocycles. The molecule has 1 atom stereocenters. The standard InChI is InChI=1S/C16H26N2O5S/c1-5-6-7-10-17-16(19)12(2)18-24(20,21)13-8-9-14(22-3)15(11-13)23-4/h8-9,11-12,18H,5-7,10H2,1-4H3,(H,17,19)/t12-/m0/s1. The van der Waals surface area contributed by atoms with Crippen molar-refractivity contribution < 1.29 is 22.7 Å². The Labute approximate surface area is 143 Å². The third kappa shape index (κ3) is 5.68. The fraction of sp³-hybridized carbons (Fsp3) is 0.562. The van der Waals surface area contributed by atoms with Gasteiger partial charge >= 0.3 is 0 Å². The summed E-state index contributed by atoms with van der Waals surface area (Å²) in [7, 11) is -0.952. The first kappa shape index (κ1) is 20.2. The van der Waals surface area contributed by atoms with Gasteiger partial charge in [0.05, 0.1) is 25.2 Å². The first-order valence-corrected chi connectivity index (χ1v) is 9.36. The summed E-state index contributed by atoms with van der Waals surface area (Å²) in [5.74, 6) is 0.380. The predicted octanol–water partition coefficient (Wildman–Crippen LogP) is 1.68. The summed E-state index contributed by atoms with van der Waals surface area (Å²) < 4.78 is 37.4. The summed E-state index contributed by atoms with van der Waals surface area (Å²) in [6.07, 6.45) is 2.95. The number of carbonyl (C=O) groups is 1. The molecule has 0 fully saturated rings. The molecule has 8 heteroatoms. The minimum atomic E-state index is -3.84. The number of benzene rings is 1. The third-order valence-corrected chi connectivity index (χ3v) is 5.01. The molecule has 1 amide bonds. The number of nitrogens with one attached hydrogen (secondary N) is 2. The molecule has 1 aromatic carbocycles. The minimum Gasteiger partial charge on any atom is -0.493 e. The van der Waals surface area contributed by atoms with E-state index in [4.69, 9.17) is 9.47 Å². The van der Waals surface area contributed by atoms with Crippen LogP contribution in [0.15, 0.2) is 23.1 Å². The molecule has 0 radical (unpaired) electrons. The summed E-state index contributed by atoms with van der Waals surface area (Å²) in [6, 6.07) is 3.38. The lowest BCUT2D eigenvalue weighted by Crippen LogP contribution is -2.44. The first-order valence-electron chi connectivity index (χ1n) is 7.87. The fourth-order valence-corrected chi connectivity index (χ4v) is 3.30. The third-order valence-electron chi connectivity index (χ3n) is 3.47. The van der Waals surface area contributed by atoms with Crippen LogP contribution in [0.3, 0.4) is 0 Å². The number of amides is 1. The zero-order valence-corrected chi connectivity index (χ0v) is 15.4. The molecule has 0 aliphatic heterocycles. The van der Waals surface area contributed by atoms with Crippen molar-refractivity contribution in [3.63, 3.8) is 0 Å². The Kier molecular flexibility index (Phi) is 8.00. The second-order valence-electron chi connectivity index (χ2n) is 5.36. The molecule has 136 valence electrons.